The van der Waals surface area contributed by atoms with Crippen LogP contribution in [0.3, 0.4) is 0 Å². The van der Waals surface area contributed by atoms with Crippen molar-refractivity contribution in [3.8, 4) is 0 Å². The van der Waals surface area contributed by atoms with E-state index in [1.165, 1.54) is 18.2 Å². The van der Waals surface area contributed by atoms with Gasteiger partial charge in [0.15, 0.2) is 0 Å². The highest BCUT2D eigenvalue weighted by molar-refractivity contribution is 5.67. The maximum Gasteiger partial charge on any atom is 0.409 e. The molecule has 2 atom stereocenters. The number of benzene rings is 1. The van der Waals surface area contributed by atoms with Gasteiger partial charge in [0.05, 0.1) is 7.11 Å². The number of hydrogen-bond acceptors (Lipinski definition) is 3. The molecule has 0 aromatic heterocycles. The van der Waals surface area contributed by atoms with Crippen LogP contribution in [0.5, 0.6) is 0 Å². The van der Waals surface area contributed by atoms with Crippen molar-refractivity contribution in [1.82, 2.24) is 4.90 Å². The Bertz CT molecular complexity index is 430. The van der Waals surface area contributed by atoms with E-state index < -0.39 is 0 Å². The Hall–Kier alpha value is -1.55. The molecule has 0 aliphatic carbocycles. The molecule has 1 aliphatic rings. The van der Waals surface area contributed by atoms with Crippen molar-refractivity contribution in [1.29, 1.82) is 0 Å². The van der Waals surface area contributed by atoms with E-state index in [1.54, 1.807) is 4.90 Å². The molecule has 1 heterocycles. The minimum Gasteiger partial charge on any atom is -0.453 e. The summed E-state index contributed by atoms with van der Waals surface area (Å²) in [6.07, 6.45) is 0.695. The van der Waals surface area contributed by atoms with Crippen molar-refractivity contribution < 1.29 is 9.53 Å². The molecular weight excluding hydrogens is 240 g/mol. The zero-order chi connectivity index (χ0) is 13.8. The first-order valence-electron chi connectivity index (χ1n) is 6.75. The Morgan fingerprint density at radius 2 is 2.11 bits per heavy atom. The molecule has 1 saturated heterocycles. The molecule has 2 unspecified atom stereocenters. The summed E-state index contributed by atoms with van der Waals surface area (Å²) < 4.78 is 4.79. The summed E-state index contributed by atoms with van der Waals surface area (Å²) >= 11 is 0. The van der Waals surface area contributed by atoms with Crippen LogP contribution in [0.15, 0.2) is 24.3 Å². The van der Waals surface area contributed by atoms with Gasteiger partial charge in [0.25, 0.3) is 0 Å². The van der Waals surface area contributed by atoms with Crippen molar-refractivity contribution in [3.05, 3.63) is 35.4 Å². The molecule has 19 heavy (non-hydrogen) atoms. The van der Waals surface area contributed by atoms with Gasteiger partial charge in [0, 0.05) is 13.1 Å². The summed E-state index contributed by atoms with van der Waals surface area (Å²) in [4.78, 5) is 13.3. The molecule has 1 fully saturated rings. The molecule has 104 valence electrons. The fourth-order valence-electron chi connectivity index (χ4n) is 2.82. The number of amides is 1. The lowest BCUT2D eigenvalue weighted by Crippen LogP contribution is -2.45. The van der Waals surface area contributed by atoms with E-state index in [-0.39, 0.29) is 6.09 Å². The summed E-state index contributed by atoms with van der Waals surface area (Å²) in [6, 6.07) is 8.62. The van der Waals surface area contributed by atoms with Gasteiger partial charge in [0.1, 0.15) is 0 Å². The van der Waals surface area contributed by atoms with Gasteiger partial charge in [-0.25, -0.2) is 4.79 Å². The van der Waals surface area contributed by atoms with Crippen LogP contribution in [0.2, 0.25) is 0 Å². The molecule has 4 nitrogen and oxygen atoms in total. The third-order valence-electron chi connectivity index (χ3n) is 3.98. The summed E-state index contributed by atoms with van der Waals surface area (Å²) in [7, 11) is 1.42. The highest BCUT2D eigenvalue weighted by Crippen LogP contribution is 2.32. The number of piperidine rings is 1. The van der Waals surface area contributed by atoms with E-state index in [1.807, 2.05) is 0 Å². The average Bonchev–Trinajstić information content (AvgIpc) is 2.46. The highest BCUT2D eigenvalue weighted by atomic mass is 16.5. The summed E-state index contributed by atoms with van der Waals surface area (Å²) in [5.74, 6) is 0.738. The Kier molecular flexibility index (Phi) is 4.43. The molecular formula is C15H22N2O2. The lowest BCUT2D eigenvalue weighted by Gasteiger charge is -2.37. The van der Waals surface area contributed by atoms with E-state index in [4.69, 9.17) is 10.5 Å². The van der Waals surface area contributed by atoms with Crippen LogP contribution in [0, 0.1) is 12.8 Å². The Morgan fingerprint density at radius 1 is 1.42 bits per heavy atom. The highest BCUT2D eigenvalue weighted by Gasteiger charge is 2.31. The standard InChI is InChI=1S/C15H22N2O2/c1-11-3-5-12(6-4-11)14-7-8-17(15(18)19-2)10-13(14)9-16/h3-6,13-14H,7-10,16H2,1-2H3. The number of nitrogens with two attached hydrogens (primary N) is 1. The predicted molar refractivity (Wildman–Crippen MR) is 75.1 cm³/mol. The predicted octanol–water partition coefficient (Wildman–Crippen LogP) is 2.13. The van der Waals surface area contributed by atoms with Crippen molar-refractivity contribution in [2.75, 3.05) is 26.7 Å². The second-order valence-electron chi connectivity index (χ2n) is 5.22. The SMILES string of the molecule is COC(=O)N1CCC(c2ccc(C)cc2)C(CN)C1. The van der Waals surface area contributed by atoms with Gasteiger partial charge in [-0.3, -0.25) is 0 Å². The van der Waals surface area contributed by atoms with Crippen molar-refractivity contribution >= 4 is 6.09 Å². The third-order valence-corrected chi connectivity index (χ3v) is 3.98. The smallest absolute Gasteiger partial charge is 0.409 e. The fraction of sp³-hybridized carbons (Fsp3) is 0.533. The van der Waals surface area contributed by atoms with Gasteiger partial charge >= 0.3 is 6.09 Å². The summed E-state index contributed by atoms with van der Waals surface area (Å²) in [6.45, 7) is 4.10. The van der Waals surface area contributed by atoms with Gasteiger partial charge in [-0.2, -0.15) is 0 Å². The molecule has 2 N–H and O–H groups in total. The lowest BCUT2D eigenvalue weighted by molar-refractivity contribution is 0.0970. The van der Waals surface area contributed by atoms with E-state index in [9.17, 15) is 4.79 Å². The quantitative estimate of drug-likeness (QED) is 0.888. The molecule has 4 heteroatoms. The first kappa shape index (κ1) is 13.9. The maximum absolute atomic E-state index is 11.6. The minimum atomic E-state index is -0.249. The average molecular weight is 262 g/mol. The molecule has 2 rings (SSSR count). The van der Waals surface area contributed by atoms with E-state index >= 15 is 0 Å². The molecule has 1 amide bonds. The molecule has 0 spiro atoms. The number of hydrogen-bond donors (Lipinski definition) is 1. The monoisotopic (exact) mass is 262 g/mol. The second kappa shape index (κ2) is 6.06. The maximum atomic E-state index is 11.6. The summed E-state index contributed by atoms with van der Waals surface area (Å²) in [5, 5.41) is 0. The normalized spacial score (nSPS) is 23.2. The Morgan fingerprint density at radius 3 is 2.68 bits per heavy atom. The summed E-state index contributed by atoms with van der Waals surface area (Å²) in [5.41, 5.74) is 8.47. The zero-order valence-corrected chi connectivity index (χ0v) is 11.6. The van der Waals surface area contributed by atoms with Gasteiger partial charge in [-0.05, 0) is 37.3 Å². The van der Waals surface area contributed by atoms with Crippen LogP contribution in [0.25, 0.3) is 0 Å². The Balaban J connectivity index is 2.11. The van der Waals surface area contributed by atoms with Crippen molar-refractivity contribution in [2.24, 2.45) is 11.7 Å². The molecule has 1 aromatic rings. The van der Waals surface area contributed by atoms with Crippen LogP contribution >= 0.6 is 0 Å². The van der Waals surface area contributed by atoms with E-state index in [0.717, 1.165) is 13.0 Å². The number of methoxy groups -OCH3 is 1. The topological polar surface area (TPSA) is 55.6 Å². The van der Waals surface area contributed by atoms with Crippen LogP contribution < -0.4 is 5.73 Å². The number of carbonyl (C=O) groups excluding carboxylic acids is 1. The van der Waals surface area contributed by atoms with E-state index in [0.29, 0.717) is 24.9 Å². The van der Waals surface area contributed by atoms with Gasteiger partial charge in [-0.1, -0.05) is 29.8 Å². The largest absolute Gasteiger partial charge is 0.453 e. The third kappa shape index (κ3) is 3.07. The molecule has 0 radical (unpaired) electrons. The lowest BCUT2D eigenvalue weighted by atomic mass is 9.80. The molecule has 0 saturated carbocycles. The zero-order valence-electron chi connectivity index (χ0n) is 11.6. The second-order valence-corrected chi connectivity index (χ2v) is 5.22. The number of rotatable bonds is 2. The number of carbonyl (C=O) groups is 1. The van der Waals surface area contributed by atoms with Crippen LogP contribution in [-0.2, 0) is 4.74 Å². The number of likely N-dealkylation sites (tertiary alicyclic amines) is 1. The van der Waals surface area contributed by atoms with Crippen LogP contribution in [-0.4, -0.2) is 37.7 Å². The number of ether oxygens (including phenoxy) is 1. The van der Waals surface area contributed by atoms with Crippen molar-refractivity contribution in [2.45, 2.75) is 19.3 Å². The molecule has 0 bridgehead atoms. The van der Waals surface area contributed by atoms with Gasteiger partial charge in [-0.15, -0.1) is 0 Å². The number of nitrogens with zero attached hydrogens (tertiary/aromatic N) is 1. The van der Waals surface area contributed by atoms with Gasteiger partial charge in [0.2, 0.25) is 0 Å². The van der Waals surface area contributed by atoms with Crippen LogP contribution in [0.1, 0.15) is 23.5 Å². The molecule has 1 aromatic carbocycles. The minimum absolute atomic E-state index is 0.249. The number of aryl methyl sites for hydroxylation is 1. The van der Waals surface area contributed by atoms with Crippen molar-refractivity contribution in [3.63, 3.8) is 0 Å². The van der Waals surface area contributed by atoms with E-state index in [2.05, 4.69) is 31.2 Å². The first-order chi connectivity index (χ1) is 9.15. The first-order valence-corrected chi connectivity index (χ1v) is 6.75. The fourth-order valence-corrected chi connectivity index (χ4v) is 2.82. The van der Waals surface area contributed by atoms with Gasteiger partial charge < -0.3 is 15.4 Å². The van der Waals surface area contributed by atoms with Crippen LogP contribution in [0.4, 0.5) is 4.79 Å². The Labute approximate surface area is 114 Å². The molecule has 1 aliphatic heterocycles.